The van der Waals surface area contributed by atoms with Crippen molar-refractivity contribution >= 4 is 23.6 Å². The Morgan fingerprint density at radius 1 is 1.30 bits per heavy atom. The topological polar surface area (TPSA) is 38.3 Å². The van der Waals surface area contributed by atoms with Gasteiger partial charge in [-0.2, -0.15) is 0 Å². The summed E-state index contributed by atoms with van der Waals surface area (Å²) in [6, 6.07) is 13.4. The number of fused-ring (bicyclic) bond motifs is 1. The summed E-state index contributed by atoms with van der Waals surface area (Å²) in [5.41, 5.74) is 3.19. The summed E-state index contributed by atoms with van der Waals surface area (Å²) in [7, 11) is 0. The lowest BCUT2D eigenvalue weighted by atomic mass is 10.0. The van der Waals surface area contributed by atoms with Gasteiger partial charge in [-0.3, -0.25) is 4.79 Å². The van der Waals surface area contributed by atoms with Gasteiger partial charge in [-0.15, -0.1) is 0 Å². The molecule has 2 aromatic rings. The fourth-order valence-corrected chi connectivity index (χ4v) is 2.80. The molecule has 0 spiro atoms. The molecule has 1 aliphatic heterocycles. The van der Waals surface area contributed by atoms with Crippen molar-refractivity contribution in [1.29, 1.82) is 0 Å². The van der Waals surface area contributed by atoms with Crippen molar-refractivity contribution in [2.24, 2.45) is 0 Å². The molecule has 23 heavy (non-hydrogen) atoms. The molecular weight excluding hydrogens is 310 g/mol. The lowest BCUT2D eigenvalue weighted by Crippen LogP contribution is -2.24. The molecule has 4 heteroatoms. The van der Waals surface area contributed by atoms with E-state index >= 15 is 0 Å². The number of halogens is 1. The predicted octanol–water partition coefficient (Wildman–Crippen LogP) is 4.17. The highest BCUT2D eigenvalue weighted by Crippen LogP contribution is 2.28. The molecule has 0 bridgehead atoms. The van der Waals surface area contributed by atoms with Gasteiger partial charge in [0.05, 0.1) is 12.6 Å². The lowest BCUT2D eigenvalue weighted by molar-refractivity contribution is -0.117. The Balaban J connectivity index is 1.63. The average Bonchev–Trinajstić information content (AvgIpc) is 3.00. The van der Waals surface area contributed by atoms with Gasteiger partial charge in [-0.1, -0.05) is 29.8 Å². The molecule has 1 N–H and O–H groups in total. The van der Waals surface area contributed by atoms with E-state index in [1.165, 1.54) is 11.6 Å². The van der Waals surface area contributed by atoms with Crippen molar-refractivity contribution in [2.45, 2.75) is 19.4 Å². The zero-order valence-corrected chi connectivity index (χ0v) is 13.6. The van der Waals surface area contributed by atoms with Crippen LogP contribution >= 0.6 is 11.6 Å². The van der Waals surface area contributed by atoms with Gasteiger partial charge in [0.25, 0.3) is 0 Å². The molecule has 0 aromatic heterocycles. The Kier molecular flexibility index (Phi) is 4.68. The summed E-state index contributed by atoms with van der Waals surface area (Å²) in [6.45, 7) is 2.71. The van der Waals surface area contributed by atoms with Crippen LogP contribution < -0.4 is 10.1 Å². The molecule has 0 aliphatic carbocycles. The maximum Gasteiger partial charge on any atom is 0.244 e. The Morgan fingerprint density at radius 3 is 3.00 bits per heavy atom. The number of carbonyl (C=O) groups is 1. The highest BCUT2D eigenvalue weighted by atomic mass is 35.5. The van der Waals surface area contributed by atoms with Gasteiger partial charge in [0.1, 0.15) is 5.75 Å². The molecule has 1 aliphatic rings. The van der Waals surface area contributed by atoms with E-state index in [2.05, 4.69) is 11.4 Å². The predicted molar refractivity (Wildman–Crippen MR) is 92.7 cm³/mol. The summed E-state index contributed by atoms with van der Waals surface area (Å²) in [6.07, 6.45) is 4.21. The first-order valence-corrected chi connectivity index (χ1v) is 7.99. The maximum absolute atomic E-state index is 12.1. The number of ether oxygens (including phenoxy) is 1. The van der Waals surface area contributed by atoms with Crippen LogP contribution in [0.15, 0.2) is 48.5 Å². The van der Waals surface area contributed by atoms with E-state index in [0.29, 0.717) is 5.02 Å². The van der Waals surface area contributed by atoms with Crippen molar-refractivity contribution in [3.63, 3.8) is 0 Å². The van der Waals surface area contributed by atoms with Crippen LogP contribution in [0, 0.1) is 0 Å². The van der Waals surface area contributed by atoms with Gasteiger partial charge in [0.15, 0.2) is 0 Å². The van der Waals surface area contributed by atoms with Crippen LogP contribution in [-0.2, 0) is 11.2 Å². The van der Waals surface area contributed by atoms with Crippen LogP contribution in [0.1, 0.15) is 29.7 Å². The molecule has 1 unspecified atom stereocenters. The number of hydrogen-bond acceptors (Lipinski definition) is 2. The Morgan fingerprint density at radius 2 is 2.17 bits per heavy atom. The van der Waals surface area contributed by atoms with Crippen molar-refractivity contribution < 1.29 is 9.53 Å². The minimum atomic E-state index is -0.130. The molecular formula is C19H18ClNO2. The van der Waals surface area contributed by atoms with Crippen molar-refractivity contribution in [3.8, 4) is 5.75 Å². The van der Waals surface area contributed by atoms with E-state index < -0.39 is 0 Å². The minimum absolute atomic E-state index is 0.0580. The summed E-state index contributed by atoms with van der Waals surface area (Å²) in [5.74, 6) is 0.822. The zero-order valence-electron chi connectivity index (χ0n) is 12.9. The summed E-state index contributed by atoms with van der Waals surface area (Å²) in [4.78, 5) is 12.1. The second-order valence-corrected chi connectivity index (χ2v) is 6.02. The first-order chi connectivity index (χ1) is 11.1. The van der Waals surface area contributed by atoms with Crippen molar-refractivity contribution in [1.82, 2.24) is 5.32 Å². The third-order valence-corrected chi connectivity index (χ3v) is 4.08. The van der Waals surface area contributed by atoms with E-state index in [1.54, 1.807) is 12.1 Å². The number of rotatable bonds is 4. The van der Waals surface area contributed by atoms with E-state index in [1.807, 2.05) is 37.3 Å². The van der Waals surface area contributed by atoms with Gasteiger partial charge in [-0.25, -0.2) is 0 Å². The van der Waals surface area contributed by atoms with Crippen molar-refractivity contribution in [2.75, 3.05) is 6.61 Å². The largest absolute Gasteiger partial charge is 0.493 e. The van der Waals surface area contributed by atoms with Gasteiger partial charge >= 0.3 is 0 Å². The third-order valence-electron chi connectivity index (χ3n) is 3.85. The molecule has 0 saturated carbocycles. The van der Waals surface area contributed by atoms with Gasteiger partial charge < -0.3 is 10.1 Å². The Hall–Kier alpha value is -2.26. The lowest BCUT2D eigenvalue weighted by Gasteiger charge is -2.14. The molecule has 1 heterocycles. The summed E-state index contributed by atoms with van der Waals surface area (Å²) < 4.78 is 5.50. The fourth-order valence-electron chi connectivity index (χ4n) is 2.60. The fraction of sp³-hybridized carbons (Fsp3) is 0.211. The number of carbonyl (C=O) groups excluding carboxylic acids is 1. The normalized spacial score (nSPS) is 14.3. The third kappa shape index (κ3) is 3.93. The van der Waals surface area contributed by atoms with Gasteiger partial charge in [0, 0.05) is 17.5 Å². The second kappa shape index (κ2) is 6.88. The molecule has 0 fully saturated rings. The SMILES string of the molecule is CC(NC(=O)/C=C/c1cccc(Cl)c1)c1ccc2c(c1)CCO2. The highest BCUT2D eigenvalue weighted by Gasteiger charge is 2.15. The number of amides is 1. The summed E-state index contributed by atoms with van der Waals surface area (Å²) >= 11 is 5.93. The Bertz CT molecular complexity index is 755. The van der Waals surface area contributed by atoms with E-state index in [4.69, 9.17) is 16.3 Å². The van der Waals surface area contributed by atoms with Crippen LogP contribution in [0.4, 0.5) is 0 Å². The second-order valence-electron chi connectivity index (χ2n) is 5.58. The zero-order chi connectivity index (χ0) is 16.2. The molecule has 1 atom stereocenters. The highest BCUT2D eigenvalue weighted by molar-refractivity contribution is 6.30. The molecule has 118 valence electrons. The number of nitrogens with one attached hydrogen (secondary N) is 1. The molecule has 0 saturated heterocycles. The Labute approximate surface area is 140 Å². The molecule has 3 nitrogen and oxygen atoms in total. The maximum atomic E-state index is 12.1. The number of benzene rings is 2. The van der Waals surface area contributed by atoms with Crippen molar-refractivity contribution in [3.05, 3.63) is 70.3 Å². The molecule has 2 aromatic carbocycles. The molecule has 1 amide bonds. The van der Waals surface area contributed by atoms with Gasteiger partial charge in [-0.05, 0) is 54.0 Å². The minimum Gasteiger partial charge on any atom is -0.493 e. The monoisotopic (exact) mass is 327 g/mol. The quantitative estimate of drug-likeness (QED) is 0.856. The van der Waals surface area contributed by atoms with E-state index in [0.717, 1.165) is 29.9 Å². The number of hydrogen-bond donors (Lipinski definition) is 1. The first kappa shape index (κ1) is 15.6. The molecule has 3 rings (SSSR count). The van der Waals surface area contributed by atoms with Crippen LogP contribution in [0.3, 0.4) is 0 Å². The standard InChI is InChI=1S/C19H18ClNO2/c1-13(15-6-7-18-16(12-15)9-10-23-18)21-19(22)8-5-14-3-2-4-17(20)11-14/h2-8,11-13H,9-10H2,1H3,(H,21,22)/b8-5+. The van der Waals surface area contributed by atoms with E-state index in [-0.39, 0.29) is 11.9 Å². The van der Waals surface area contributed by atoms with Crippen LogP contribution in [0.5, 0.6) is 5.75 Å². The van der Waals surface area contributed by atoms with Gasteiger partial charge in [0.2, 0.25) is 5.91 Å². The molecule has 0 radical (unpaired) electrons. The smallest absolute Gasteiger partial charge is 0.244 e. The average molecular weight is 328 g/mol. The summed E-state index contributed by atoms with van der Waals surface area (Å²) in [5, 5.41) is 3.63. The van der Waals surface area contributed by atoms with Crippen LogP contribution in [-0.4, -0.2) is 12.5 Å². The van der Waals surface area contributed by atoms with E-state index in [9.17, 15) is 4.79 Å². The first-order valence-electron chi connectivity index (χ1n) is 7.61. The van der Waals surface area contributed by atoms with Crippen LogP contribution in [0.25, 0.3) is 6.08 Å². The van der Waals surface area contributed by atoms with Crippen LogP contribution in [0.2, 0.25) is 5.02 Å².